The third kappa shape index (κ3) is 2.25. The third-order valence-corrected chi connectivity index (χ3v) is 4.08. The van der Waals surface area contributed by atoms with Crippen molar-refractivity contribution in [3.05, 3.63) is 96.7 Å². The van der Waals surface area contributed by atoms with E-state index in [4.69, 9.17) is 6.92 Å². The van der Waals surface area contributed by atoms with E-state index in [1.54, 1.807) is 0 Å². The summed E-state index contributed by atoms with van der Waals surface area (Å²) in [6.45, 7) is 5.98. The number of pyridine rings is 1. The van der Waals surface area contributed by atoms with Gasteiger partial charge in [0.2, 0.25) is 0 Å². The largest absolute Gasteiger partial charge is 0.257 e. The number of benzene rings is 3. The summed E-state index contributed by atoms with van der Waals surface area (Å²) in [7, 11) is 0. The molecule has 2 radical (unpaired) electrons. The summed E-state index contributed by atoms with van der Waals surface area (Å²) in [5.41, 5.74) is 2.89. The third-order valence-electron chi connectivity index (χ3n) is 4.08. The van der Waals surface area contributed by atoms with E-state index in [-0.39, 0.29) is 0 Å². The molecular formula is C21H15N. The molecule has 22 heavy (non-hydrogen) atoms. The molecule has 4 rings (SSSR count). The van der Waals surface area contributed by atoms with Crippen LogP contribution in [0.2, 0.25) is 0 Å². The zero-order valence-electron chi connectivity index (χ0n) is 12.2. The van der Waals surface area contributed by atoms with Crippen LogP contribution in [-0.4, -0.2) is 4.98 Å². The van der Waals surface area contributed by atoms with E-state index in [2.05, 4.69) is 59.6 Å². The molecule has 0 unspecified atom stereocenters. The van der Waals surface area contributed by atoms with Gasteiger partial charge < -0.3 is 0 Å². The van der Waals surface area contributed by atoms with Gasteiger partial charge in [-0.15, -0.1) is 0 Å². The van der Waals surface area contributed by atoms with Gasteiger partial charge in [-0.2, -0.15) is 0 Å². The Balaban J connectivity index is 1.90. The van der Waals surface area contributed by atoms with E-state index in [1.165, 1.54) is 21.7 Å². The van der Waals surface area contributed by atoms with Gasteiger partial charge in [0.1, 0.15) is 0 Å². The first-order valence-electron chi connectivity index (χ1n) is 7.42. The highest BCUT2D eigenvalue weighted by Gasteiger charge is 2.07. The maximum atomic E-state index is 5.98. The van der Waals surface area contributed by atoms with Crippen LogP contribution < -0.4 is 0 Å². The summed E-state index contributed by atoms with van der Waals surface area (Å²) in [5, 5.41) is 4.85. The molecule has 0 atom stereocenters. The van der Waals surface area contributed by atoms with Crippen LogP contribution in [0.4, 0.5) is 0 Å². The second kappa shape index (κ2) is 5.27. The Kier molecular flexibility index (Phi) is 3.12. The first kappa shape index (κ1) is 13.0. The monoisotopic (exact) mass is 281 g/mol. The smallest absolute Gasteiger partial charge is 0.0529 e. The standard InChI is InChI=1S/C21H15N/c1-15-13-17-8-3-5-12-20(17)21(22-15)14-18-10-6-9-16-7-2-4-11-19(16)18/h1-13H,14H2. The molecule has 0 aliphatic rings. The van der Waals surface area contributed by atoms with Crippen molar-refractivity contribution in [2.24, 2.45) is 0 Å². The Bertz CT molecular complexity index is 964. The number of fused-ring (bicyclic) bond motifs is 2. The Hall–Kier alpha value is -2.67. The summed E-state index contributed by atoms with van der Waals surface area (Å²) in [4.78, 5) is 4.58. The average Bonchev–Trinajstić information content (AvgIpc) is 2.55. The lowest BCUT2D eigenvalue weighted by atomic mass is 9.98. The van der Waals surface area contributed by atoms with Crippen molar-refractivity contribution in [2.75, 3.05) is 0 Å². The zero-order valence-corrected chi connectivity index (χ0v) is 12.2. The van der Waals surface area contributed by atoms with Crippen LogP contribution in [0.1, 0.15) is 17.0 Å². The van der Waals surface area contributed by atoms with Gasteiger partial charge in [-0.1, -0.05) is 66.7 Å². The summed E-state index contributed by atoms with van der Waals surface area (Å²) in [6, 6.07) is 25.1. The van der Waals surface area contributed by atoms with Crippen molar-refractivity contribution >= 4 is 21.5 Å². The maximum Gasteiger partial charge on any atom is 0.0529 e. The summed E-state index contributed by atoms with van der Waals surface area (Å²) in [6.07, 6.45) is 0.785. The minimum absolute atomic E-state index is 0.578. The molecule has 0 N–H and O–H groups in total. The quantitative estimate of drug-likeness (QED) is 0.501. The number of aromatic nitrogens is 1. The van der Waals surface area contributed by atoms with E-state index in [0.717, 1.165) is 17.5 Å². The van der Waals surface area contributed by atoms with Gasteiger partial charge in [-0.3, -0.25) is 4.98 Å². The second-order valence-corrected chi connectivity index (χ2v) is 5.53. The normalized spacial score (nSPS) is 11.1. The van der Waals surface area contributed by atoms with Crippen molar-refractivity contribution in [1.29, 1.82) is 0 Å². The van der Waals surface area contributed by atoms with Crippen molar-refractivity contribution in [3.8, 4) is 0 Å². The van der Waals surface area contributed by atoms with E-state index in [0.29, 0.717) is 5.69 Å². The lowest BCUT2D eigenvalue weighted by Gasteiger charge is -2.10. The molecule has 0 aliphatic heterocycles. The van der Waals surface area contributed by atoms with Crippen molar-refractivity contribution in [2.45, 2.75) is 6.42 Å². The fourth-order valence-electron chi connectivity index (χ4n) is 3.06. The highest BCUT2D eigenvalue weighted by atomic mass is 14.7. The molecule has 104 valence electrons. The van der Waals surface area contributed by atoms with Crippen LogP contribution in [-0.2, 0) is 6.42 Å². The van der Waals surface area contributed by atoms with Crippen molar-refractivity contribution in [1.82, 2.24) is 4.98 Å². The Morgan fingerprint density at radius 3 is 2.27 bits per heavy atom. The molecular weight excluding hydrogens is 266 g/mol. The van der Waals surface area contributed by atoms with Crippen LogP contribution in [0.25, 0.3) is 21.5 Å². The Labute approximate surface area is 130 Å². The fourth-order valence-corrected chi connectivity index (χ4v) is 3.06. The molecule has 1 heteroatoms. The predicted octanol–water partition coefficient (Wildman–Crippen LogP) is 5.04. The number of hydrogen-bond acceptors (Lipinski definition) is 1. The lowest BCUT2D eigenvalue weighted by molar-refractivity contribution is 1.09. The zero-order chi connectivity index (χ0) is 14.9. The number of rotatable bonds is 2. The molecule has 0 spiro atoms. The van der Waals surface area contributed by atoms with Gasteiger partial charge >= 0.3 is 0 Å². The minimum Gasteiger partial charge on any atom is -0.257 e. The molecule has 0 bridgehead atoms. The van der Waals surface area contributed by atoms with Crippen LogP contribution >= 0.6 is 0 Å². The predicted molar refractivity (Wildman–Crippen MR) is 91.9 cm³/mol. The second-order valence-electron chi connectivity index (χ2n) is 5.53. The molecule has 1 nitrogen and oxygen atoms in total. The van der Waals surface area contributed by atoms with Gasteiger partial charge in [0.15, 0.2) is 0 Å². The van der Waals surface area contributed by atoms with Gasteiger partial charge in [0.05, 0.1) is 5.69 Å². The van der Waals surface area contributed by atoms with Gasteiger partial charge in [-0.25, -0.2) is 0 Å². The Morgan fingerprint density at radius 1 is 0.727 bits per heavy atom. The molecule has 3 aromatic carbocycles. The molecule has 4 aromatic rings. The van der Waals surface area contributed by atoms with Crippen molar-refractivity contribution < 1.29 is 0 Å². The van der Waals surface area contributed by atoms with E-state index in [9.17, 15) is 0 Å². The highest BCUT2D eigenvalue weighted by molar-refractivity contribution is 5.88. The van der Waals surface area contributed by atoms with Gasteiger partial charge in [0, 0.05) is 24.4 Å². The molecule has 0 aliphatic carbocycles. The highest BCUT2D eigenvalue weighted by Crippen LogP contribution is 2.25. The average molecular weight is 281 g/mol. The molecule has 0 saturated carbocycles. The Morgan fingerprint density at radius 2 is 1.41 bits per heavy atom. The minimum atomic E-state index is 0.578. The topological polar surface area (TPSA) is 12.9 Å². The van der Waals surface area contributed by atoms with Crippen LogP contribution in [0.5, 0.6) is 0 Å². The van der Waals surface area contributed by atoms with Gasteiger partial charge in [0.25, 0.3) is 0 Å². The molecule has 0 fully saturated rings. The number of nitrogens with zero attached hydrogens (tertiary/aromatic N) is 1. The van der Waals surface area contributed by atoms with Crippen LogP contribution in [0, 0.1) is 6.92 Å². The first-order valence-corrected chi connectivity index (χ1v) is 7.42. The van der Waals surface area contributed by atoms with Crippen molar-refractivity contribution in [3.63, 3.8) is 0 Å². The van der Waals surface area contributed by atoms with E-state index >= 15 is 0 Å². The first-order chi connectivity index (χ1) is 10.8. The summed E-state index contributed by atoms with van der Waals surface area (Å²) < 4.78 is 0. The molecule has 0 amide bonds. The SMILES string of the molecule is [CH]c1cc2ccccc2c(Cc2cccc3ccccc23)n1. The molecule has 0 saturated heterocycles. The molecule has 1 heterocycles. The van der Waals surface area contributed by atoms with Crippen LogP contribution in [0.3, 0.4) is 0 Å². The van der Waals surface area contributed by atoms with Gasteiger partial charge in [-0.05, 0) is 27.8 Å². The number of hydrogen-bond donors (Lipinski definition) is 0. The van der Waals surface area contributed by atoms with E-state index < -0.39 is 0 Å². The summed E-state index contributed by atoms with van der Waals surface area (Å²) >= 11 is 0. The fraction of sp³-hybridized carbons (Fsp3) is 0.0476. The lowest BCUT2D eigenvalue weighted by Crippen LogP contribution is -1.97. The molecule has 1 aromatic heterocycles. The van der Waals surface area contributed by atoms with Crippen LogP contribution in [0.15, 0.2) is 72.8 Å². The maximum absolute atomic E-state index is 5.98. The summed E-state index contributed by atoms with van der Waals surface area (Å²) in [5.74, 6) is 0. The van der Waals surface area contributed by atoms with E-state index in [1.807, 2.05) is 18.2 Å².